The van der Waals surface area contributed by atoms with E-state index in [1.807, 2.05) is 31.2 Å². The first-order valence-corrected chi connectivity index (χ1v) is 9.05. The van der Waals surface area contributed by atoms with E-state index in [1.54, 1.807) is 0 Å². The van der Waals surface area contributed by atoms with Gasteiger partial charge in [0.2, 0.25) is 0 Å². The first-order chi connectivity index (χ1) is 12.6. The van der Waals surface area contributed by atoms with Gasteiger partial charge in [-0.05, 0) is 42.7 Å². The Bertz CT molecular complexity index is 921. The normalized spacial score (nSPS) is 14.4. The molecule has 27 heavy (non-hydrogen) atoms. The molecule has 8 heteroatoms. The highest BCUT2D eigenvalue weighted by molar-refractivity contribution is 9.10. The third kappa shape index (κ3) is 3.76. The van der Waals surface area contributed by atoms with Gasteiger partial charge in [-0.3, -0.25) is 4.98 Å². The summed E-state index contributed by atoms with van der Waals surface area (Å²) < 4.78 is 44.3. The Kier molecular flexibility index (Phi) is 5.12. The monoisotopic (exact) mass is 439 g/mol. The molecule has 142 valence electrons. The highest BCUT2D eigenvalue weighted by Crippen LogP contribution is 2.38. The van der Waals surface area contributed by atoms with Crippen molar-refractivity contribution in [3.8, 4) is 11.5 Å². The molecular weight excluding hydrogens is 423 g/mol. The molecule has 0 fully saturated rings. The zero-order chi connectivity index (χ0) is 19.8. The Morgan fingerprint density at radius 3 is 2.22 bits per heavy atom. The Labute approximate surface area is 163 Å². The molecule has 0 radical (unpaired) electrons. The standard InChI is InChI=1S/C19H17BrF3N3O/c1-11(2)18(3,13-5-7-14(20)8-6-13)17-25-16(27-26-17)12-4-9-15(24-10-12)19(21,22)23/h4-11H,1-3H3. The SMILES string of the molecule is CC(C)C(C)(c1ccc(Br)cc1)c1noc(-c2ccc(C(F)(F)F)nc2)n1. The fourth-order valence-corrected chi connectivity index (χ4v) is 3.02. The number of rotatable bonds is 4. The Morgan fingerprint density at radius 1 is 1.04 bits per heavy atom. The molecule has 0 aliphatic heterocycles. The maximum Gasteiger partial charge on any atom is 0.433 e. The van der Waals surface area contributed by atoms with Gasteiger partial charge >= 0.3 is 6.18 Å². The van der Waals surface area contributed by atoms with Crippen LogP contribution in [0.2, 0.25) is 0 Å². The molecule has 1 atom stereocenters. The molecule has 1 aromatic carbocycles. The molecule has 0 saturated heterocycles. The van der Waals surface area contributed by atoms with E-state index in [4.69, 9.17) is 4.52 Å². The van der Waals surface area contributed by atoms with Crippen molar-refractivity contribution < 1.29 is 17.7 Å². The summed E-state index contributed by atoms with van der Waals surface area (Å²) in [7, 11) is 0. The summed E-state index contributed by atoms with van der Waals surface area (Å²) in [6, 6.07) is 10.0. The molecule has 2 heterocycles. The van der Waals surface area contributed by atoms with Crippen LogP contribution in [0.5, 0.6) is 0 Å². The van der Waals surface area contributed by atoms with Crippen molar-refractivity contribution in [1.82, 2.24) is 15.1 Å². The summed E-state index contributed by atoms with van der Waals surface area (Å²) >= 11 is 3.42. The van der Waals surface area contributed by atoms with Crippen molar-refractivity contribution in [3.05, 3.63) is 64.1 Å². The van der Waals surface area contributed by atoms with Crippen LogP contribution in [-0.4, -0.2) is 15.1 Å². The van der Waals surface area contributed by atoms with Crippen molar-refractivity contribution in [1.29, 1.82) is 0 Å². The summed E-state index contributed by atoms with van der Waals surface area (Å²) in [4.78, 5) is 7.90. The molecule has 0 spiro atoms. The second kappa shape index (κ2) is 7.07. The van der Waals surface area contributed by atoms with Gasteiger partial charge in [-0.15, -0.1) is 0 Å². The Balaban J connectivity index is 1.98. The number of hydrogen-bond acceptors (Lipinski definition) is 4. The second-order valence-electron chi connectivity index (χ2n) is 6.72. The average Bonchev–Trinajstić information content (AvgIpc) is 3.11. The van der Waals surface area contributed by atoms with E-state index >= 15 is 0 Å². The van der Waals surface area contributed by atoms with Gasteiger partial charge in [0.05, 0.1) is 11.0 Å². The largest absolute Gasteiger partial charge is 0.433 e. The zero-order valence-electron chi connectivity index (χ0n) is 14.9. The number of halogens is 4. The summed E-state index contributed by atoms with van der Waals surface area (Å²) in [6.45, 7) is 6.12. The van der Waals surface area contributed by atoms with Crippen LogP contribution in [0.25, 0.3) is 11.5 Å². The molecule has 0 bridgehead atoms. The third-order valence-corrected chi connectivity index (χ3v) is 5.32. The van der Waals surface area contributed by atoms with Crippen LogP contribution >= 0.6 is 15.9 Å². The van der Waals surface area contributed by atoms with Crippen LogP contribution in [-0.2, 0) is 11.6 Å². The molecule has 4 nitrogen and oxygen atoms in total. The number of pyridine rings is 1. The van der Waals surface area contributed by atoms with E-state index in [0.29, 0.717) is 11.4 Å². The number of hydrogen-bond donors (Lipinski definition) is 0. The highest BCUT2D eigenvalue weighted by Gasteiger charge is 2.38. The van der Waals surface area contributed by atoms with E-state index in [1.165, 1.54) is 6.07 Å². The summed E-state index contributed by atoms with van der Waals surface area (Å²) in [5.41, 5.74) is -0.142. The van der Waals surface area contributed by atoms with Gasteiger partial charge < -0.3 is 4.52 Å². The highest BCUT2D eigenvalue weighted by atomic mass is 79.9. The molecule has 0 saturated carbocycles. The predicted molar refractivity (Wildman–Crippen MR) is 98.0 cm³/mol. The summed E-state index contributed by atoms with van der Waals surface area (Å²) in [5.74, 6) is 0.750. The van der Waals surface area contributed by atoms with Crippen molar-refractivity contribution >= 4 is 15.9 Å². The van der Waals surface area contributed by atoms with Crippen LogP contribution in [0.4, 0.5) is 13.2 Å². The van der Waals surface area contributed by atoms with Crippen LogP contribution < -0.4 is 0 Å². The maximum atomic E-state index is 12.7. The average molecular weight is 440 g/mol. The smallest absolute Gasteiger partial charge is 0.334 e. The molecule has 1 unspecified atom stereocenters. The van der Waals surface area contributed by atoms with Gasteiger partial charge in [-0.25, -0.2) is 0 Å². The minimum Gasteiger partial charge on any atom is -0.334 e. The topological polar surface area (TPSA) is 51.8 Å². The van der Waals surface area contributed by atoms with Gasteiger partial charge in [0.1, 0.15) is 5.69 Å². The van der Waals surface area contributed by atoms with Crippen molar-refractivity contribution in [2.75, 3.05) is 0 Å². The van der Waals surface area contributed by atoms with Gasteiger partial charge in [0, 0.05) is 10.7 Å². The van der Waals surface area contributed by atoms with E-state index in [2.05, 4.69) is 44.9 Å². The van der Waals surface area contributed by atoms with Crippen LogP contribution in [0.3, 0.4) is 0 Å². The molecule has 0 amide bonds. The fraction of sp³-hybridized carbons (Fsp3) is 0.316. The minimum absolute atomic E-state index is 0.134. The Hall–Kier alpha value is -2.22. The molecule has 0 aliphatic carbocycles. The molecule has 3 rings (SSSR count). The van der Waals surface area contributed by atoms with Crippen molar-refractivity contribution in [2.24, 2.45) is 5.92 Å². The van der Waals surface area contributed by atoms with Gasteiger partial charge in [-0.1, -0.05) is 47.1 Å². The van der Waals surface area contributed by atoms with E-state index < -0.39 is 17.3 Å². The Morgan fingerprint density at radius 2 is 1.70 bits per heavy atom. The van der Waals surface area contributed by atoms with E-state index in [0.717, 1.165) is 22.3 Å². The van der Waals surface area contributed by atoms with Gasteiger partial charge in [0.15, 0.2) is 5.82 Å². The first kappa shape index (κ1) is 19.5. The van der Waals surface area contributed by atoms with Crippen molar-refractivity contribution in [2.45, 2.75) is 32.4 Å². The lowest BCUT2D eigenvalue weighted by Crippen LogP contribution is -2.31. The first-order valence-electron chi connectivity index (χ1n) is 8.26. The molecule has 2 aromatic heterocycles. The molecular formula is C19H17BrF3N3O. The van der Waals surface area contributed by atoms with Crippen LogP contribution in [0.15, 0.2) is 51.6 Å². The van der Waals surface area contributed by atoms with E-state index in [9.17, 15) is 13.2 Å². The second-order valence-corrected chi connectivity index (χ2v) is 7.63. The lowest BCUT2D eigenvalue weighted by atomic mass is 9.73. The lowest BCUT2D eigenvalue weighted by Gasteiger charge is -2.31. The van der Waals surface area contributed by atoms with Gasteiger partial charge in [0.25, 0.3) is 5.89 Å². The number of benzene rings is 1. The van der Waals surface area contributed by atoms with Crippen molar-refractivity contribution in [3.63, 3.8) is 0 Å². The quantitative estimate of drug-likeness (QED) is 0.509. The molecule has 0 N–H and O–H groups in total. The zero-order valence-corrected chi connectivity index (χ0v) is 16.5. The van der Waals surface area contributed by atoms with E-state index in [-0.39, 0.29) is 11.8 Å². The minimum atomic E-state index is -4.49. The maximum absolute atomic E-state index is 12.7. The molecule has 3 aromatic rings. The third-order valence-electron chi connectivity index (χ3n) is 4.79. The predicted octanol–water partition coefficient (Wildman–Crippen LogP) is 5.87. The summed E-state index contributed by atoms with van der Waals surface area (Å²) in [5, 5.41) is 4.11. The fourth-order valence-electron chi connectivity index (χ4n) is 2.76. The number of nitrogens with zero attached hydrogens (tertiary/aromatic N) is 3. The van der Waals surface area contributed by atoms with Crippen LogP contribution in [0, 0.1) is 5.92 Å². The number of alkyl halides is 3. The lowest BCUT2D eigenvalue weighted by molar-refractivity contribution is -0.141. The van der Waals surface area contributed by atoms with Crippen LogP contribution in [0.1, 0.15) is 37.9 Å². The summed E-state index contributed by atoms with van der Waals surface area (Å²) in [6.07, 6.45) is -3.40. The van der Waals surface area contributed by atoms with Gasteiger partial charge in [-0.2, -0.15) is 18.2 Å². The molecule has 0 aliphatic rings. The number of aromatic nitrogens is 3.